The Hall–Kier alpha value is -1.88. The molecule has 2 heterocycles. The number of aryl methyl sites for hydroxylation is 2. The van der Waals surface area contributed by atoms with E-state index in [-0.39, 0.29) is 5.84 Å². The zero-order valence-corrected chi connectivity index (χ0v) is 11.2. The van der Waals surface area contributed by atoms with Crippen LogP contribution in [0.25, 0.3) is 0 Å². The molecule has 0 saturated carbocycles. The van der Waals surface area contributed by atoms with Crippen molar-refractivity contribution in [3.63, 3.8) is 0 Å². The Morgan fingerprint density at radius 3 is 2.89 bits per heavy atom. The molecule has 0 unspecified atom stereocenters. The number of amidine groups is 1. The number of nitrogens with two attached hydrogens (primary N) is 1. The van der Waals surface area contributed by atoms with E-state index >= 15 is 0 Å². The van der Waals surface area contributed by atoms with Crippen LogP contribution in [0.2, 0.25) is 0 Å². The van der Waals surface area contributed by atoms with Crippen LogP contribution in [-0.2, 0) is 6.61 Å². The van der Waals surface area contributed by atoms with Crippen LogP contribution >= 0.6 is 11.3 Å². The second kappa shape index (κ2) is 5.18. The van der Waals surface area contributed by atoms with Crippen molar-refractivity contribution in [3.05, 3.63) is 45.4 Å². The van der Waals surface area contributed by atoms with Gasteiger partial charge in [-0.25, -0.2) is 0 Å². The predicted octanol–water partition coefficient (Wildman–Crippen LogP) is 2.62. The molecule has 5 heteroatoms. The number of pyridine rings is 1. The van der Waals surface area contributed by atoms with E-state index in [0.717, 1.165) is 16.3 Å². The van der Waals surface area contributed by atoms with Gasteiger partial charge in [0.2, 0.25) is 0 Å². The van der Waals surface area contributed by atoms with Crippen LogP contribution in [0.3, 0.4) is 0 Å². The molecule has 3 N–H and O–H groups in total. The van der Waals surface area contributed by atoms with Gasteiger partial charge in [0.1, 0.15) is 18.2 Å². The first kappa shape index (κ1) is 12.6. The number of ether oxygens (including phenoxy) is 1. The Balaban J connectivity index is 2.28. The zero-order chi connectivity index (χ0) is 13.1. The largest absolute Gasteiger partial charge is 0.487 e. The fourth-order valence-electron chi connectivity index (χ4n) is 1.78. The molecule has 4 nitrogen and oxygen atoms in total. The van der Waals surface area contributed by atoms with Gasteiger partial charge in [-0.05, 0) is 25.3 Å². The standard InChI is InChI=1S/C13H15N3OS/c1-8-6-11(12(13(14)15)9(2)16-8)17-7-10-4-3-5-18-10/h3-6H,7H2,1-2H3,(H3,14,15). The maximum atomic E-state index is 7.60. The summed E-state index contributed by atoms with van der Waals surface area (Å²) >= 11 is 1.64. The summed E-state index contributed by atoms with van der Waals surface area (Å²) in [4.78, 5) is 5.44. The molecule has 0 bridgehead atoms. The van der Waals surface area contributed by atoms with Gasteiger partial charge in [0.15, 0.2) is 0 Å². The van der Waals surface area contributed by atoms with Gasteiger partial charge in [-0.1, -0.05) is 6.07 Å². The highest BCUT2D eigenvalue weighted by atomic mass is 32.1. The summed E-state index contributed by atoms with van der Waals surface area (Å²) in [7, 11) is 0. The molecule has 0 fully saturated rings. The number of nitrogen functional groups attached to an aromatic ring is 1. The molecule has 0 aliphatic carbocycles. The summed E-state index contributed by atoms with van der Waals surface area (Å²) in [5.74, 6) is 0.613. The number of rotatable bonds is 4. The van der Waals surface area contributed by atoms with E-state index < -0.39 is 0 Å². The second-order valence-electron chi connectivity index (χ2n) is 4.00. The molecule has 0 atom stereocenters. The average Bonchev–Trinajstić information content (AvgIpc) is 2.77. The minimum Gasteiger partial charge on any atom is -0.487 e. The van der Waals surface area contributed by atoms with Crippen LogP contribution in [-0.4, -0.2) is 10.8 Å². The maximum absolute atomic E-state index is 7.60. The minimum atomic E-state index is -0.0128. The normalized spacial score (nSPS) is 10.3. The zero-order valence-electron chi connectivity index (χ0n) is 10.4. The van der Waals surface area contributed by atoms with Gasteiger partial charge in [-0.2, -0.15) is 0 Å². The summed E-state index contributed by atoms with van der Waals surface area (Å²) < 4.78 is 5.75. The van der Waals surface area contributed by atoms with Crippen molar-refractivity contribution < 1.29 is 4.74 Å². The highest BCUT2D eigenvalue weighted by molar-refractivity contribution is 7.09. The second-order valence-corrected chi connectivity index (χ2v) is 5.04. The lowest BCUT2D eigenvalue weighted by molar-refractivity contribution is 0.308. The fraction of sp³-hybridized carbons (Fsp3) is 0.231. The Bertz CT molecular complexity index is 564. The van der Waals surface area contributed by atoms with Crippen LogP contribution in [0.1, 0.15) is 21.8 Å². The third-order valence-electron chi connectivity index (χ3n) is 2.51. The minimum absolute atomic E-state index is 0.0128. The quantitative estimate of drug-likeness (QED) is 0.656. The van der Waals surface area contributed by atoms with E-state index in [9.17, 15) is 0 Å². The molecule has 2 aromatic rings. The van der Waals surface area contributed by atoms with Gasteiger partial charge < -0.3 is 10.5 Å². The fourth-order valence-corrected chi connectivity index (χ4v) is 2.39. The molecule has 0 aromatic carbocycles. The van der Waals surface area contributed by atoms with Crippen molar-refractivity contribution in [2.24, 2.45) is 5.73 Å². The van der Waals surface area contributed by atoms with Crippen molar-refractivity contribution >= 4 is 17.2 Å². The molecule has 0 aliphatic heterocycles. The van der Waals surface area contributed by atoms with E-state index in [2.05, 4.69) is 4.98 Å². The molecule has 0 spiro atoms. The summed E-state index contributed by atoms with van der Waals surface area (Å²) in [6.45, 7) is 4.22. The molecule has 0 amide bonds. The molecule has 2 aromatic heterocycles. The Morgan fingerprint density at radius 2 is 2.28 bits per heavy atom. The summed E-state index contributed by atoms with van der Waals surface area (Å²) in [5.41, 5.74) is 7.75. The first-order chi connectivity index (χ1) is 8.58. The molecule has 2 rings (SSSR count). The molecular formula is C13H15N3OS. The Labute approximate surface area is 110 Å². The molecule has 0 saturated heterocycles. The number of hydrogen-bond donors (Lipinski definition) is 2. The van der Waals surface area contributed by atoms with Gasteiger partial charge >= 0.3 is 0 Å². The predicted molar refractivity (Wildman–Crippen MR) is 73.4 cm³/mol. The number of thiophene rings is 1. The Morgan fingerprint density at radius 1 is 1.50 bits per heavy atom. The number of aromatic nitrogens is 1. The van der Waals surface area contributed by atoms with Crippen LogP contribution in [0.4, 0.5) is 0 Å². The lowest BCUT2D eigenvalue weighted by atomic mass is 10.1. The number of nitrogens with zero attached hydrogens (tertiary/aromatic N) is 1. The topological polar surface area (TPSA) is 72.0 Å². The first-order valence-electron chi connectivity index (χ1n) is 5.55. The number of hydrogen-bond acceptors (Lipinski definition) is 4. The van der Waals surface area contributed by atoms with Crippen molar-refractivity contribution in [2.75, 3.05) is 0 Å². The van der Waals surface area contributed by atoms with Gasteiger partial charge in [0, 0.05) is 16.6 Å². The molecular weight excluding hydrogens is 246 g/mol. The summed E-state index contributed by atoms with van der Waals surface area (Å²) in [6, 6.07) is 5.81. The van der Waals surface area contributed by atoms with E-state index in [1.807, 2.05) is 37.4 Å². The monoisotopic (exact) mass is 261 g/mol. The average molecular weight is 261 g/mol. The van der Waals surface area contributed by atoms with E-state index in [1.165, 1.54) is 0 Å². The smallest absolute Gasteiger partial charge is 0.134 e. The molecule has 18 heavy (non-hydrogen) atoms. The van der Waals surface area contributed by atoms with Gasteiger partial charge in [0.05, 0.1) is 11.3 Å². The highest BCUT2D eigenvalue weighted by Gasteiger charge is 2.12. The van der Waals surface area contributed by atoms with Crippen molar-refractivity contribution in [1.82, 2.24) is 4.98 Å². The lowest BCUT2D eigenvalue weighted by Gasteiger charge is -2.12. The van der Waals surface area contributed by atoms with Gasteiger partial charge in [-0.3, -0.25) is 10.4 Å². The molecule has 0 radical (unpaired) electrons. The third kappa shape index (κ3) is 2.68. The Kier molecular flexibility index (Phi) is 3.62. The van der Waals surface area contributed by atoms with Crippen LogP contribution in [0.5, 0.6) is 5.75 Å². The van der Waals surface area contributed by atoms with E-state index in [4.69, 9.17) is 15.9 Å². The van der Waals surface area contributed by atoms with Crippen molar-refractivity contribution in [3.8, 4) is 5.75 Å². The first-order valence-corrected chi connectivity index (χ1v) is 6.43. The van der Waals surface area contributed by atoms with Crippen molar-refractivity contribution in [1.29, 1.82) is 5.41 Å². The SMILES string of the molecule is Cc1cc(OCc2cccs2)c(C(=N)N)c(C)n1. The maximum Gasteiger partial charge on any atom is 0.134 e. The molecule has 94 valence electrons. The van der Waals surface area contributed by atoms with Crippen LogP contribution in [0, 0.1) is 19.3 Å². The highest BCUT2D eigenvalue weighted by Crippen LogP contribution is 2.23. The van der Waals surface area contributed by atoms with Gasteiger partial charge in [0.25, 0.3) is 0 Å². The number of nitrogens with one attached hydrogen (secondary N) is 1. The summed E-state index contributed by atoms with van der Waals surface area (Å²) in [5, 5.41) is 9.61. The van der Waals surface area contributed by atoms with E-state index in [1.54, 1.807) is 11.3 Å². The summed E-state index contributed by atoms with van der Waals surface area (Å²) in [6.07, 6.45) is 0. The van der Waals surface area contributed by atoms with Crippen molar-refractivity contribution in [2.45, 2.75) is 20.5 Å². The third-order valence-corrected chi connectivity index (χ3v) is 3.36. The van der Waals surface area contributed by atoms with Gasteiger partial charge in [-0.15, -0.1) is 11.3 Å². The molecule has 0 aliphatic rings. The lowest BCUT2D eigenvalue weighted by Crippen LogP contribution is -2.16. The van der Waals surface area contributed by atoms with Crippen LogP contribution in [0.15, 0.2) is 23.6 Å². The van der Waals surface area contributed by atoms with E-state index in [0.29, 0.717) is 17.9 Å². The van der Waals surface area contributed by atoms with Crippen LogP contribution < -0.4 is 10.5 Å².